The van der Waals surface area contributed by atoms with Gasteiger partial charge in [0.05, 0.1) is 0 Å². The first kappa shape index (κ1) is 27.2. The van der Waals surface area contributed by atoms with Crippen LogP contribution < -0.4 is 0 Å². The van der Waals surface area contributed by atoms with Crippen LogP contribution in [0.4, 0.5) is 0 Å². The van der Waals surface area contributed by atoms with Crippen LogP contribution in [0.2, 0.25) is 0 Å². The summed E-state index contributed by atoms with van der Waals surface area (Å²) in [4.78, 5) is 0. The van der Waals surface area contributed by atoms with E-state index < -0.39 is 0 Å². The van der Waals surface area contributed by atoms with Crippen molar-refractivity contribution < 1.29 is 61.8 Å². The summed E-state index contributed by atoms with van der Waals surface area (Å²) in [5, 5.41) is 0. The van der Waals surface area contributed by atoms with Crippen molar-refractivity contribution in [2.75, 3.05) is 0 Å². The molecule has 0 aliphatic carbocycles. The molecule has 0 amide bonds. The Hall–Kier alpha value is -0.626. The van der Waals surface area contributed by atoms with E-state index in [1.165, 1.54) is 0 Å². The molecule has 0 spiro atoms. The van der Waals surface area contributed by atoms with Crippen LogP contribution in [-0.2, 0) is 61.8 Å². The molecule has 0 atom stereocenters. The van der Waals surface area contributed by atoms with E-state index in [1.54, 1.807) is 24.3 Å². The Morgan fingerprint density at radius 3 is 0.478 bits per heavy atom. The predicted octanol–water partition coefficient (Wildman–Crippen LogP) is 2.42. The molecule has 122 valence electrons. The van der Waals surface area contributed by atoms with Crippen LogP contribution >= 0.6 is 0 Å². The molecule has 0 heterocycles. The van der Waals surface area contributed by atoms with E-state index >= 15 is 0 Å². The molecule has 0 aromatic heterocycles. The summed E-state index contributed by atoms with van der Waals surface area (Å²) in [6, 6.07) is 48.0. The first-order valence-electron chi connectivity index (χ1n) is 5.31. The largest absolute Gasteiger partial charge is 0.999 e. The Kier molecular flexibility index (Phi) is 28.0. The predicted molar refractivity (Wildman–Crippen MR) is 69.5 cm³/mol. The van der Waals surface area contributed by atoms with Gasteiger partial charge in [-0.3, -0.25) is 0 Å². The molecule has 0 fully saturated rings. The van der Waals surface area contributed by atoms with Gasteiger partial charge >= 0.3 is 0 Å². The fraction of sp³-hybridized carbons (Fsp3) is 0. The Morgan fingerprint density at radius 2 is 0.435 bits per heavy atom. The van der Waals surface area contributed by atoms with Gasteiger partial charge in [0.1, 0.15) is 0 Å². The molecule has 0 saturated heterocycles. The molecule has 0 bridgehead atoms. The topological polar surface area (TPSA) is 0 Å². The second kappa shape index (κ2) is 23.6. The fourth-order valence-corrected chi connectivity index (χ4v) is 0.722. The van der Waals surface area contributed by atoms with Crippen LogP contribution in [0.5, 0.6) is 0 Å². The van der Waals surface area contributed by atoms with Gasteiger partial charge in [0.25, 0.3) is 0 Å². The molecule has 4 aromatic carbocycles. The van der Waals surface area contributed by atoms with Gasteiger partial charge in [-0.2, -0.15) is 0 Å². The molecule has 4 rings (SSSR count). The Bertz CT molecular complexity index is 347. The van der Waals surface area contributed by atoms with E-state index in [-0.39, 0.29) is 61.8 Å². The summed E-state index contributed by atoms with van der Waals surface area (Å²) in [5.41, 5.74) is 0. The number of hydrogen-bond acceptors (Lipinski definition) is 0. The van der Waals surface area contributed by atoms with Gasteiger partial charge in [-0.05, 0) is 0 Å². The molecule has 4 aromatic rings. The van der Waals surface area contributed by atoms with Crippen molar-refractivity contribution >= 4 is 0 Å². The molecule has 0 aliphatic rings. The molecular weight excluding hydrogens is 553 g/mol. The van der Waals surface area contributed by atoms with E-state index in [9.17, 15) is 0 Å². The van der Waals surface area contributed by atoms with E-state index in [0.717, 1.165) is 0 Å². The Labute approximate surface area is 181 Å². The first-order valence-corrected chi connectivity index (χ1v) is 5.31. The van der Waals surface area contributed by atoms with Crippen molar-refractivity contribution in [3.63, 3.8) is 0 Å². The zero-order valence-corrected chi connectivity index (χ0v) is 19.4. The summed E-state index contributed by atoms with van der Waals surface area (Å²) in [6.07, 6.45) is 0. The molecule has 23 heavy (non-hydrogen) atoms. The smallest absolute Gasteiger partial charge is 0 e. The van der Waals surface area contributed by atoms with Crippen molar-refractivity contribution in [1.82, 2.24) is 0 Å². The normalized spacial score (nSPS) is 6.96. The van der Waals surface area contributed by atoms with Crippen molar-refractivity contribution in [1.29, 1.82) is 0 Å². The Morgan fingerprint density at radius 1 is 0.304 bits per heavy atom. The van der Waals surface area contributed by atoms with Gasteiger partial charge in [-0.1, -0.05) is 0 Å². The molecule has 0 saturated carbocycles. The van der Waals surface area contributed by atoms with E-state index in [4.69, 9.17) is 0 Å². The van der Waals surface area contributed by atoms with Crippen LogP contribution in [0, 0.1) is 97.1 Å². The number of hydrogen-bond donors (Lipinski definition) is 0. The van der Waals surface area contributed by atoms with Gasteiger partial charge in [-0.25, -0.2) is 0 Å². The first-order chi connectivity index (χ1) is 10.0. The minimum absolute atomic E-state index is 0. The van der Waals surface area contributed by atoms with Crippen molar-refractivity contribution in [3.05, 3.63) is 121 Å². The van der Waals surface area contributed by atoms with E-state index in [0.29, 0.717) is 0 Å². The van der Waals surface area contributed by atoms with Gasteiger partial charge in [0.2, 0.25) is 0 Å². The van der Waals surface area contributed by atoms with Gasteiger partial charge in [-0.15, -0.1) is 0 Å². The summed E-state index contributed by atoms with van der Waals surface area (Å²) >= 11 is 0. The zero-order valence-electron chi connectivity index (χ0n) is 11.7. The Balaban J connectivity index is -0.000000222. The summed E-state index contributed by atoms with van der Waals surface area (Å²) < 4.78 is 0. The maximum atomic E-state index is 2.62. The third kappa shape index (κ3) is 21.4. The molecule has 0 radical (unpaired) electrons. The molecule has 3 heteroatoms. The van der Waals surface area contributed by atoms with Crippen LogP contribution in [0.15, 0.2) is 24.3 Å². The third-order valence-electron chi connectivity index (χ3n) is 1.40. The monoisotopic (exact) mass is 558 g/mol. The molecule has 0 nitrogen and oxygen atoms in total. The standard InChI is InChI=1S/4C5H.2Fe.Hg/c4*1-2-4-5-3-1;;;/h4*1H;;;/q4*-5;;;. The second-order valence-electron chi connectivity index (χ2n) is 2.73. The average molecular weight is 557 g/mol. The fourth-order valence-electron chi connectivity index (χ4n) is 0.722. The number of rotatable bonds is 0. The third-order valence-corrected chi connectivity index (χ3v) is 1.40. The quantitative estimate of drug-likeness (QED) is 0.231. The second-order valence-corrected chi connectivity index (χ2v) is 2.73. The SMILES string of the molecule is [Fe].[Fe].[Hg].[c-]1[c-][c-][cH-][c-]1.[c-]1[c-][c-][cH-][c-]1.[c-]1[c-][c-][cH-][c-]1.[c-]1[c-][c-][cH-][c-]1. The van der Waals surface area contributed by atoms with Crippen molar-refractivity contribution in [3.8, 4) is 0 Å². The van der Waals surface area contributed by atoms with Crippen LogP contribution in [0.25, 0.3) is 0 Å². The maximum absolute atomic E-state index is 2.62. The minimum atomic E-state index is 0. The van der Waals surface area contributed by atoms with Crippen LogP contribution in [0.3, 0.4) is 0 Å². The van der Waals surface area contributed by atoms with Crippen LogP contribution in [-0.4, -0.2) is 0 Å². The summed E-state index contributed by atoms with van der Waals surface area (Å²) in [5.74, 6) is 0. The molecular formula is C20H4Fe2Hg-20. The van der Waals surface area contributed by atoms with Gasteiger partial charge < -0.3 is 121 Å². The maximum Gasteiger partial charge on any atom is 0 e. The average Bonchev–Trinajstić information content (AvgIpc) is 3.40. The van der Waals surface area contributed by atoms with Gasteiger partial charge in [0, 0.05) is 61.8 Å². The molecule has 0 aliphatic heterocycles. The molecule has 0 unspecified atom stereocenters. The summed E-state index contributed by atoms with van der Waals surface area (Å²) in [7, 11) is 0. The van der Waals surface area contributed by atoms with Crippen molar-refractivity contribution in [2.24, 2.45) is 0 Å². The minimum Gasteiger partial charge on any atom is -0.999 e. The van der Waals surface area contributed by atoms with Crippen LogP contribution in [0.1, 0.15) is 0 Å². The van der Waals surface area contributed by atoms with Gasteiger partial charge in [0.15, 0.2) is 0 Å². The molecule has 0 N–H and O–H groups in total. The van der Waals surface area contributed by atoms with E-state index in [1.807, 2.05) is 0 Å². The van der Waals surface area contributed by atoms with Crippen molar-refractivity contribution in [2.45, 2.75) is 0 Å². The van der Waals surface area contributed by atoms with E-state index in [2.05, 4.69) is 97.1 Å². The summed E-state index contributed by atoms with van der Waals surface area (Å²) in [6.45, 7) is 0. The zero-order chi connectivity index (χ0) is 14.1.